The lowest BCUT2D eigenvalue weighted by Crippen LogP contribution is -2.09. The van der Waals surface area contributed by atoms with Crippen molar-refractivity contribution < 1.29 is 0 Å². The highest BCUT2D eigenvalue weighted by Gasteiger charge is 2.17. The van der Waals surface area contributed by atoms with Crippen LogP contribution in [0.15, 0.2) is 158 Å². The van der Waals surface area contributed by atoms with Crippen molar-refractivity contribution in [3.63, 3.8) is 0 Å². The zero-order chi connectivity index (χ0) is 26.0. The van der Waals surface area contributed by atoms with Gasteiger partial charge in [0.25, 0.3) is 0 Å². The smallest absolute Gasteiger partial charge is 0.0492 e. The molecule has 0 saturated carbocycles. The summed E-state index contributed by atoms with van der Waals surface area (Å²) in [6.45, 7) is 0. The van der Waals surface area contributed by atoms with E-state index in [1.54, 1.807) is 0 Å². The molecule has 0 amide bonds. The van der Waals surface area contributed by atoms with Crippen LogP contribution in [0.3, 0.4) is 0 Å². The molecule has 6 aromatic carbocycles. The quantitative estimate of drug-likeness (QED) is 0.219. The molecule has 0 saturated heterocycles. The number of benzene rings is 6. The predicted octanol–water partition coefficient (Wildman–Crippen LogP) is 10.2. The minimum atomic E-state index is 1.08. The fourth-order valence-corrected chi connectivity index (χ4v) is 5.65. The fourth-order valence-electron chi connectivity index (χ4n) is 5.65. The minimum absolute atomic E-state index is 1.08. The molecule has 0 unspecified atom stereocenters. The molecule has 39 heavy (non-hydrogen) atoms. The van der Waals surface area contributed by atoms with Crippen molar-refractivity contribution in [3.05, 3.63) is 158 Å². The Labute approximate surface area is 228 Å². The van der Waals surface area contributed by atoms with Crippen molar-refractivity contribution in [1.29, 1.82) is 0 Å². The lowest BCUT2D eigenvalue weighted by atomic mass is 9.86. The van der Waals surface area contributed by atoms with Crippen molar-refractivity contribution in [3.8, 4) is 22.3 Å². The Morgan fingerprint density at radius 2 is 0.718 bits per heavy atom. The number of aromatic nitrogens is 1. The molecular weight excluding hydrogens is 472 g/mol. The third-order valence-electron chi connectivity index (χ3n) is 7.34. The largest absolute Gasteiger partial charge is 0.310 e. The van der Waals surface area contributed by atoms with E-state index in [0.717, 1.165) is 17.1 Å². The standard InChI is InChI=1S/C37H26N2/c1-3-11-27(12-4-1)36-32-15-7-9-17-34(32)37(35-18-10-8-16-33(35)36)28-19-21-30(22-20-28)39(29-13-5-2-6-14-29)31-23-25-38-26-24-31/h1-26H. The van der Waals surface area contributed by atoms with Gasteiger partial charge in [-0.05, 0) is 80.2 Å². The van der Waals surface area contributed by atoms with Gasteiger partial charge in [-0.1, -0.05) is 109 Å². The Morgan fingerprint density at radius 1 is 0.333 bits per heavy atom. The van der Waals surface area contributed by atoms with Gasteiger partial charge >= 0.3 is 0 Å². The number of pyridine rings is 1. The number of hydrogen-bond acceptors (Lipinski definition) is 2. The molecule has 0 aliphatic rings. The van der Waals surface area contributed by atoms with E-state index in [-0.39, 0.29) is 0 Å². The summed E-state index contributed by atoms with van der Waals surface area (Å²) >= 11 is 0. The van der Waals surface area contributed by atoms with Crippen molar-refractivity contribution in [2.24, 2.45) is 0 Å². The third-order valence-corrected chi connectivity index (χ3v) is 7.34. The van der Waals surface area contributed by atoms with Crippen LogP contribution in [0.25, 0.3) is 43.8 Å². The normalized spacial score (nSPS) is 11.1. The van der Waals surface area contributed by atoms with Gasteiger partial charge in [-0.2, -0.15) is 0 Å². The fraction of sp³-hybridized carbons (Fsp3) is 0. The SMILES string of the molecule is c1ccc(-c2c3ccccc3c(-c3ccc(N(c4ccccc4)c4ccncc4)cc3)c3ccccc23)cc1. The molecule has 1 heterocycles. The van der Waals surface area contributed by atoms with Gasteiger partial charge in [0, 0.05) is 29.5 Å². The Balaban J connectivity index is 1.43. The second kappa shape index (κ2) is 9.92. The van der Waals surface area contributed by atoms with Crippen LogP contribution in [0.2, 0.25) is 0 Å². The maximum Gasteiger partial charge on any atom is 0.0492 e. The first-order valence-electron chi connectivity index (χ1n) is 13.2. The van der Waals surface area contributed by atoms with Crippen LogP contribution in [0, 0.1) is 0 Å². The van der Waals surface area contributed by atoms with Gasteiger partial charge in [-0.15, -0.1) is 0 Å². The van der Waals surface area contributed by atoms with E-state index in [1.165, 1.54) is 43.8 Å². The Kier molecular flexibility index (Phi) is 5.84. The number of hydrogen-bond donors (Lipinski definition) is 0. The summed E-state index contributed by atoms with van der Waals surface area (Å²) in [7, 11) is 0. The van der Waals surface area contributed by atoms with E-state index in [1.807, 2.05) is 30.6 Å². The molecule has 2 nitrogen and oxygen atoms in total. The molecule has 0 aliphatic carbocycles. The summed E-state index contributed by atoms with van der Waals surface area (Å²) in [4.78, 5) is 6.49. The second-order valence-electron chi connectivity index (χ2n) is 9.63. The monoisotopic (exact) mass is 498 g/mol. The number of fused-ring (bicyclic) bond motifs is 2. The summed E-state index contributed by atoms with van der Waals surface area (Å²) in [5, 5.41) is 5.06. The van der Waals surface area contributed by atoms with Gasteiger partial charge in [-0.25, -0.2) is 0 Å². The molecule has 0 fully saturated rings. The lowest BCUT2D eigenvalue weighted by molar-refractivity contribution is 1.24. The number of rotatable bonds is 5. The zero-order valence-electron chi connectivity index (χ0n) is 21.4. The number of para-hydroxylation sites is 1. The maximum atomic E-state index is 4.23. The first-order chi connectivity index (χ1) is 19.4. The van der Waals surface area contributed by atoms with E-state index in [2.05, 4.69) is 137 Å². The number of anilines is 3. The average molecular weight is 499 g/mol. The Bertz CT molecular complexity index is 1780. The van der Waals surface area contributed by atoms with Crippen LogP contribution in [-0.4, -0.2) is 4.98 Å². The first-order valence-corrected chi connectivity index (χ1v) is 13.2. The van der Waals surface area contributed by atoms with Crippen LogP contribution < -0.4 is 4.90 Å². The van der Waals surface area contributed by atoms with Crippen molar-refractivity contribution in [2.45, 2.75) is 0 Å². The molecule has 0 spiro atoms. The molecule has 184 valence electrons. The highest BCUT2D eigenvalue weighted by Crippen LogP contribution is 2.44. The van der Waals surface area contributed by atoms with Gasteiger partial charge in [0.15, 0.2) is 0 Å². The lowest BCUT2D eigenvalue weighted by Gasteiger charge is -2.25. The molecule has 0 aliphatic heterocycles. The summed E-state index contributed by atoms with van der Waals surface area (Å²) in [6, 6.07) is 51.8. The highest BCUT2D eigenvalue weighted by atomic mass is 15.1. The molecule has 0 radical (unpaired) electrons. The van der Waals surface area contributed by atoms with E-state index in [0.29, 0.717) is 0 Å². The average Bonchev–Trinajstić information content (AvgIpc) is 3.02. The molecule has 2 heteroatoms. The van der Waals surface area contributed by atoms with Gasteiger partial charge in [0.2, 0.25) is 0 Å². The molecule has 0 atom stereocenters. The summed E-state index contributed by atoms with van der Waals surface area (Å²) in [6.07, 6.45) is 3.68. The van der Waals surface area contributed by atoms with Crippen molar-refractivity contribution >= 4 is 38.6 Å². The second-order valence-corrected chi connectivity index (χ2v) is 9.63. The molecular formula is C37H26N2. The Hall–Kier alpha value is -5.21. The highest BCUT2D eigenvalue weighted by molar-refractivity contribution is 6.21. The van der Waals surface area contributed by atoms with Gasteiger partial charge in [-0.3, -0.25) is 4.98 Å². The van der Waals surface area contributed by atoms with Crippen LogP contribution >= 0.6 is 0 Å². The van der Waals surface area contributed by atoms with Crippen molar-refractivity contribution in [2.75, 3.05) is 4.90 Å². The molecule has 0 bridgehead atoms. The Morgan fingerprint density at radius 3 is 1.23 bits per heavy atom. The van der Waals surface area contributed by atoms with E-state index < -0.39 is 0 Å². The van der Waals surface area contributed by atoms with Gasteiger partial charge in [0.1, 0.15) is 0 Å². The van der Waals surface area contributed by atoms with Crippen LogP contribution in [0.4, 0.5) is 17.1 Å². The topological polar surface area (TPSA) is 16.1 Å². The maximum absolute atomic E-state index is 4.23. The van der Waals surface area contributed by atoms with Gasteiger partial charge < -0.3 is 4.90 Å². The third kappa shape index (κ3) is 4.13. The summed E-state index contributed by atoms with van der Waals surface area (Å²) in [5.41, 5.74) is 8.28. The predicted molar refractivity (Wildman–Crippen MR) is 165 cm³/mol. The molecule has 7 rings (SSSR count). The summed E-state index contributed by atoms with van der Waals surface area (Å²) < 4.78 is 0. The van der Waals surface area contributed by atoms with E-state index in [4.69, 9.17) is 0 Å². The molecule has 7 aromatic rings. The van der Waals surface area contributed by atoms with Crippen LogP contribution in [0.1, 0.15) is 0 Å². The van der Waals surface area contributed by atoms with Crippen molar-refractivity contribution in [1.82, 2.24) is 4.98 Å². The summed E-state index contributed by atoms with van der Waals surface area (Å²) in [5.74, 6) is 0. The van der Waals surface area contributed by atoms with E-state index >= 15 is 0 Å². The van der Waals surface area contributed by atoms with Gasteiger partial charge in [0.05, 0.1) is 0 Å². The molecule has 1 aromatic heterocycles. The van der Waals surface area contributed by atoms with Crippen LogP contribution in [-0.2, 0) is 0 Å². The van der Waals surface area contributed by atoms with E-state index in [9.17, 15) is 0 Å². The first kappa shape index (κ1) is 22.9. The molecule has 0 N–H and O–H groups in total. The van der Waals surface area contributed by atoms with Crippen LogP contribution in [0.5, 0.6) is 0 Å². The zero-order valence-corrected chi connectivity index (χ0v) is 21.4. The number of nitrogens with zero attached hydrogens (tertiary/aromatic N) is 2. The minimum Gasteiger partial charge on any atom is -0.310 e.